The minimum absolute atomic E-state index is 0.0327. The quantitative estimate of drug-likeness (QED) is 0.783. The summed E-state index contributed by atoms with van der Waals surface area (Å²) in [6, 6.07) is 7.79. The van der Waals surface area contributed by atoms with Crippen LogP contribution in [0.5, 0.6) is 5.75 Å². The summed E-state index contributed by atoms with van der Waals surface area (Å²) >= 11 is 0. The Morgan fingerprint density at radius 3 is 2.89 bits per heavy atom. The fourth-order valence-electron chi connectivity index (χ4n) is 3.88. The average molecular weight is 369 g/mol. The zero-order valence-electron chi connectivity index (χ0n) is 15.9. The Morgan fingerprint density at radius 1 is 1.26 bits per heavy atom. The molecule has 2 aromatic heterocycles. The molecule has 0 saturated carbocycles. The smallest absolute Gasteiger partial charge is 0.223 e. The summed E-state index contributed by atoms with van der Waals surface area (Å²) < 4.78 is 11.8. The number of likely N-dealkylation sites (tertiary alicyclic amines) is 1. The lowest BCUT2D eigenvalue weighted by atomic mass is 10.2. The summed E-state index contributed by atoms with van der Waals surface area (Å²) in [5.74, 6) is 3.70. The van der Waals surface area contributed by atoms with Gasteiger partial charge in [0.25, 0.3) is 0 Å². The molecule has 2 aliphatic heterocycles. The molecule has 0 N–H and O–H groups in total. The van der Waals surface area contributed by atoms with Gasteiger partial charge in [-0.3, -0.25) is 4.79 Å². The van der Waals surface area contributed by atoms with Gasteiger partial charge in [-0.05, 0) is 44.0 Å². The number of carbonyl (C=O) groups is 1. The van der Waals surface area contributed by atoms with Crippen LogP contribution in [0.25, 0.3) is 0 Å². The van der Waals surface area contributed by atoms with Crippen molar-refractivity contribution in [2.75, 3.05) is 31.1 Å². The topological polar surface area (TPSA) is 58.8 Å². The average Bonchev–Trinajstić information content (AvgIpc) is 3.42. The highest BCUT2D eigenvalue weighted by Crippen LogP contribution is 2.30. The first kappa shape index (κ1) is 17.9. The van der Waals surface area contributed by atoms with E-state index in [-0.39, 0.29) is 12.0 Å². The van der Waals surface area contributed by atoms with E-state index in [0.717, 1.165) is 49.1 Å². The minimum Gasteiger partial charge on any atom is -0.485 e. The number of ether oxygens (including phenoxy) is 1. The van der Waals surface area contributed by atoms with E-state index in [0.29, 0.717) is 19.4 Å². The number of nitrogens with zero attached hydrogens (tertiary/aromatic N) is 3. The van der Waals surface area contributed by atoms with Crippen molar-refractivity contribution in [2.45, 2.75) is 45.1 Å². The van der Waals surface area contributed by atoms with Crippen molar-refractivity contribution >= 4 is 11.7 Å². The molecule has 0 spiro atoms. The predicted octanol–water partition coefficient (Wildman–Crippen LogP) is 3.20. The number of hydrogen-bond acceptors (Lipinski definition) is 5. The highest BCUT2D eigenvalue weighted by molar-refractivity contribution is 5.76. The Kier molecular flexibility index (Phi) is 5.32. The number of aromatic nitrogens is 1. The second kappa shape index (κ2) is 8.03. The van der Waals surface area contributed by atoms with Crippen LogP contribution in [-0.4, -0.2) is 48.1 Å². The summed E-state index contributed by atoms with van der Waals surface area (Å²) in [5, 5.41) is 0. The summed E-state index contributed by atoms with van der Waals surface area (Å²) in [6.45, 7) is 5.39. The Balaban J connectivity index is 1.31. The van der Waals surface area contributed by atoms with Crippen molar-refractivity contribution < 1.29 is 13.9 Å². The van der Waals surface area contributed by atoms with Gasteiger partial charge < -0.3 is 19.0 Å². The molecule has 0 bridgehead atoms. The number of anilines is 1. The Bertz CT molecular complexity index is 782. The minimum atomic E-state index is 0.0327. The van der Waals surface area contributed by atoms with E-state index in [4.69, 9.17) is 9.15 Å². The van der Waals surface area contributed by atoms with Gasteiger partial charge in [-0.25, -0.2) is 4.98 Å². The van der Waals surface area contributed by atoms with Crippen LogP contribution in [0.4, 0.5) is 5.82 Å². The van der Waals surface area contributed by atoms with Gasteiger partial charge in [0.1, 0.15) is 17.6 Å². The van der Waals surface area contributed by atoms with Crippen LogP contribution in [0.15, 0.2) is 34.9 Å². The Hall–Kier alpha value is -2.50. The van der Waals surface area contributed by atoms with Gasteiger partial charge in [-0.15, -0.1) is 0 Å². The molecular weight excluding hydrogens is 342 g/mol. The van der Waals surface area contributed by atoms with Crippen molar-refractivity contribution in [3.63, 3.8) is 0 Å². The molecule has 6 heteroatoms. The largest absolute Gasteiger partial charge is 0.485 e. The van der Waals surface area contributed by atoms with Crippen LogP contribution in [0.1, 0.15) is 37.2 Å². The maximum atomic E-state index is 12.5. The lowest BCUT2D eigenvalue weighted by Gasteiger charge is -2.22. The van der Waals surface area contributed by atoms with Gasteiger partial charge in [0.15, 0.2) is 11.6 Å². The fraction of sp³-hybridized carbons (Fsp3) is 0.524. The molecular formula is C21H27N3O3. The highest BCUT2D eigenvalue weighted by atomic mass is 16.5. The monoisotopic (exact) mass is 369 g/mol. The fourth-order valence-corrected chi connectivity index (χ4v) is 3.88. The van der Waals surface area contributed by atoms with Gasteiger partial charge in [-0.1, -0.05) is 0 Å². The number of carbonyl (C=O) groups excluding carboxylic acids is 1. The van der Waals surface area contributed by atoms with Crippen molar-refractivity contribution in [3.8, 4) is 5.75 Å². The third-order valence-electron chi connectivity index (χ3n) is 5.33. The molecule has 144 valence electrons. The Labute approximate surface area is 160 Å². The predicted molar refractivity (Wildman–Crippen MR) is 103 cm³/mol. The maximum Gasteiger partial charge on any atom is 0.223 e. The van der Waals surface area contributed by atoms with E-state index >= 15 is 0 Å². The third-order valence-corrected chi connectivity index (χ3v) is 5.33. The molecule has 1 amide bonds. The molecule has 2 fully saturated rings. The lowest BCUT2D eigenvalue weighted by molar-refractivity contribution is -0.130. The first-order valence-corrected chi connectivity index (χ1v) is 9.89. The summed E-state index contributed by atoms with van der Waals surface area (Å²) in [6.07, 6.45) is 6.25. The van der Waals surface area contributed by atoms with Crippen LogP contribution < -0.4 is 9.64 Å². The molecule has 2 aliphatic rings. The number of pyridine rings is 1. The molecule has 27 heavy (non-hydrogen) atoms. The zero-order chi connectivity index (χ0) is 18.6. The van der Waals surface area contributed by atoms with E-state index in [2.05, 4.69) is 9.88 Å². The SMILES string of the molecule is Cc1ccc(CCC(=O)N2CCC(Oc3cccnc3N3CCCC3)C2)o1. The molecule has 4 rings (SSSR count). The summed E-state index contributed by atoms with van der Waals surface area (Å²) in [7, 11) is 0. The van der Waals surface area contributed by atoms with Crippen molar-refractivity contribution in [1.29, 1.82) is 0 Å². The van der Waals surface area contributed by atoms with Crippen molar-refractivity contribution in [1.82, 2.24) is 9.88 Å². The van der Waals surface area contributed by atoms with E-state index < -0.39 is 0 Å². The summed E-state index contributed by atoms with van der Waals surface area (Å²) in [5.41, 5.74) is 0. The van der Waals surface area contributed by atoms with Crippen LogP contribution in [0.3, 0.4) is 0 Å². The first-order chi connectivity index (χ1) is 13.2. The second-order valence-corrected chi connectivity index (χ2v) is 7.40. The van der Waals surface area contributed by atoms with Crippen LogP contribution >= 0.6 is 0 Å². The molecule has 2 saturated heterocycles. The Morgan fingerprint density at radius 2 is 2.11 bits per heavy atom. The van der Waals surface area contributed by atoms with E-state index in [1.54, 1.807) is 0 Å². The molecule has 6 nitrogen and oxygen atoms in total. The van der Waals surface area contributed by atoms with Crippen LogP contribution in [-0.2, 0) is 11.2 Å². The van der Waals surface area contributed by atoms with Gasteiger partial charge in [0, 0.05) is 45.1 Å². The van der Waals surface area contributed by atoms with E-state index in [1.807, 2.05) is 42.3 Å². The number of aryl methyl sites for hydroxylation is 2. The zero-order valence-corrected chi connectivity index (χ0v) is 15.9. The van der Waals surface area contributed by atoms with Gasteiger partial charge in [0.2, 0.25) is 5.91 Å². The van der Waals surface area contributed by atoms with Crippen molar-refractivity contribution in [3.05, 3.63) is 42.0 Å². The van der Waals surface area contributed by atoms with Gasteiger partial charge >= 0.3 is 0 Å². The normalized spacial score (nSPS) is 19.7. The first-order valence-electron chi connectivity index (χ1n) is 9.89. The standard InChI is InChI=1S/C21H27N3O3/c1-16-6-7-17(26-16)8-9-20(25)24-14-10-18(15-24)27-19-5-4-11-22-21(19)23-12-2-3-13-23/h4-7,11,18H,2-3,8-10,12-15H2,1H3. The van der Waals surface area contributed by atoms with Gasteiger partial charge in [-0.2, -0.15) is 0 Å². The molecule has 4 heterocycles. The van der Waals surface area contributed by atoms with Crippen LogP contribution in [0, 0.1) is 6.92 Å². The highest BCUT2D eigenvalue weighted by Gasteiger charge is 2.29. The number of hydrogen-bond donors (Lipinski definition) is 0. The van der Waals surface area contributed by atoms with Crippen LogP contribution in [0.2, 0.25) is 0 Å². The molecule has 0 radical (unpaired) electrons. The maximum absolute atomic E-state index is 12.5. The number of amides is 1. The molecule has 0 aliphatic carbocycles. The number of rotatable bonds is 6. The molecule has 2 aromatic rings. The molecule has 0 aromatic carbocycles. The summed E-state index contributed by atoms with van der Waals surface area (Å²) in [4.78, 5) is 21.2. The number of furan rings is 1. The van der Waals surface area contributed by atoms with Gasteiger partial charge in [0.05, 0.1) is 6.54 Å². The second-order valence-electron chi connectivity index (χ2n) is 7.40. The van der Waals surface area contributed by atoms with E-state index in [1.165, 1.54) is 12.8 Å². The third kappa shape index (κ3) is 4.26. The van der Waals surface area contributed by atoms with E-state index in [9.17, 15) is 4.79 Å². The van der Waals surface area contributed by atoms with Crippen molar-refractivity contribution in [2.24, 2.45) is 0 Å². The molecule has 1 atom stereocenters. The molecule has 1 unspecified atom stereocenters. The lowest BCUT2D eigenvalue weighted by Crippen LogP contribution is -2.31.